The highest BCUT2D eigenvalue weighted by molar-refractivity contribution is 7.13. The lowest BCUT2D eigenvalue weighted by atomic mass is 10.2. The van der Waals surface area contributed by atoms with Crippen LogP contribution in [0.15, 0.2) is 41.8 Å². The fourth-order valence-corrected chi connectivity index (χ4v) is 3.42. The number of thiazole rings is 1. The molecule has 0 fully saturated rings. The van der Waals surface area contributed by atoms with Gasteiger partial charge in [-0.1, -0.05) is 12.1 Å². The molecule has 1 heterocycles. The summed E-state index contributed by atoms with van der Waals surface area (Å²) in [6, 6.07) is 10.4. The Kier molecular flexibility index (Phi) is 5.56. The van der Waals surface area contributed by atoms with Crippen LogP contribution in [0.1, 0.15) is 11.3 Å². The van der Waals surface area contributed by atoms with Crippen molar-refractivity contribution in [3.63, 3.8) is 0 Å². The van der Waals surface area contributed by atoms with Gasteiger partial charge in [-0.2, -0.15) is 0 Å². The summed E-state index contributed by atoms with van der Waals surface area (Å²) in [6.45, 7) is 1.93. The second-order valence-electron chi connectivity index (χ2n) is 5.70. The van der Waals surface area contributed by atoms with E-state index in [0.29, 0.717) is 17.2 Å². The smallest absolute Gasteiger partial charge is 0.311 e. The highest BCUT2D eigenvalue weighted by Gasteiger charge is 2.17. The van der Waals surface area contributed by atoms with Gasteiger partial charge in [0.2, 0.25) is 0 Å². The number of nitro groups is 1. The Morgan fingerprint density at radius 1 is 1.15 bits per heavy atom. The molecule has 1 aromatic heterocycles. The molecule has 27 heavy (non-hydrogen) atoms. The minimum Gasteiger partial charge on any atom is -0.493 e. The normalized spacial score (nSPS) is 10.5. The second kappa shape index (κ2) is 8.05. The van der Waals surface area contributed by atoms with E-state index in [2.05, 4.69) is 4.98 Å². The van der Waals surface area contributed by atoms with E-state index >= 15 is 0 Å². The van der Waals surface area contributed by atoms with Crippen LogP contribution in [-0.2, 0) is 6.61 Å². The number of methoxy groups -OCH3 is 2. The lowest BCUT2D eigenvalue weighted by Crippen LogP contribution is -2.00. The lowest BCUT2D eigenvalue weighted by Gasteiger charge is -2.10. The first-order chi connectivity index (χ1) is 13.0. The fourth-order valence-electron chi connectivity index (χ4n) is 2.60. The van der Waals surface area contributed by atoms with E-state index < -0.39 is 4.92 Å². The third-order valence-corrected chi connectivity index (χ3v) is 4.80. The SMILES string of the molecule is COc1cccc(-c2nc(COc3ccc(C)cc3[N+](=O)[O-])cs2)c1OC. The Morgan fingerprint density at radius 3 is 2.67 bits per heavy atom. The number of nitrogens with zero attached hydrogens (tertiary/aromatic N) is 2. The fraction of sp³-hybridized carbons (Fsp3) is 0.211. The first-order valence-electron chi connectivity index (χ1n) is 8.07. The van der Waals surface area contributed by atoms with Gasteiger partial charge in [-0.25, -0.2) is 4.98 Å². The van der Waals surface area contributed by atoms with Gasteiger partial charge in [0.1, 0.15) is 11.6 Å². The van der Waals surface area contributed by atoms with Crippen molar-refractivity contribution in [1.82, 2.24) is 4.98 Å². The molecule has 0 atom stereocenters. The van der Waals surface area contributed by atoms with Gasteiger partial charge in [-0.15, -0.1) is 11.3 Å². The molecule has 2 aromatic carbocycles. The van der Waals surface area contributed by atoms with E-state index in [0.717, 1.165) is 16.1 Å². The minimum absolute atomic E-state index is 0.0556. The molecule has 3 aromatic rings. The number of nitro benzene ring substituents is 1. The van der Waals surface area contributed by atoms with Crippen LogP contribution in [-0.4, -0.2) is 24.1 Å². The summed E-state index contributed by atoms with van der Waals surface area (Å²) in [5.74, 6) is 1.45. The molecule has 140 valence electrons. The van der Waals surface area contributed by atoms with Crippen LogP contribution >= 0.6 is 11.3 Å². The molecule has 3 rings (SSSR count). The van der Waals surface area contributed by atoms with Crippen molar-refractivity contribution in [2.24, 2.45) is 0 Å². The van der Waals surface area contributed by atoms with Crippen molar-refractivity contribution in [3.8, 4) is 27.8 Å². The predicted octanol–water partition coefficient (Wildman–Crippen LogP) is 4.62. The first kappa shape index (κ1) is 18.7. The van der Waals surface area contributed by atoms with Gasteiger partial charge in [0.05, 0.1) is 30.4 Å². The summed E-state index contributed by atoms with van der Waals surface area (Å²) in [6.07, 6.45) is 0. The molecule has 0 aliphatic carbocycles. The Morgan fingerprint density at radius 2 is 1.96 bits per heavy atom. The van der Waals surface area contributed by atoms with Crippen LogP contribution in [0.4, 0.5) is 5.69 Å². The van der Waals surface area contributed by atoms with E-state index in [1.807, 2.05) is 23.6 Å². The van der Waals surface area contributed by atoms with Gasteiger partial charge in [-0.3, -0.25) is 10.1 Å². The molecule has 0 saturated heterocycles. The molecule has 0 radical (unpaired) electrons. The standard InChI is InChI=1S/C19H18N2O5S/c1-12-7-8-16(15(9-12)21(22)23)26-10-13-11-27-19(20-13)14-5-4-6-17(24-2)18(14)25-3/h4-9,11H,10H2,1-3H3. The van der Waals surface area contributed by atoms with E-state index in [1.165, 1.54) is 17.4 Å². The van der Waals surface area contributed by atoms with Crippen LogP contribution in [0.25, 0.3) is 10.6 Å². The van der Waals surface area contributed by atoms with Crippen LogP contribution in [0.5, 0.6) is 17.2 Å². The van der Waals surface area contributed by atoms with Crippen molar-refractivity contribution >= 4 is 17.0 Å². The number of hydrogen-bond donors (Lipinski definition) is 0. The molecule has 0 spiro atoms. The molecule has 8 heteroatoms. The zero-order chi connectivity index (χ0) is 19.4. The highest BCUT2D eigenvalue weighted by Crippen LogP contribution is 2.39. The summed E-state index contributed by atoms with van der Waals surface area (Å²) in [4.78, 5) is 15.3. The molecule has 0 aliphatic rings. The Bertz CT molecular complexity index is 970. The number of para-hydroxylation sites is 1. The van der Waals surface area contributed by atoms with Crippen molar-refractivity contribution in [2.45, 2.75) is 13.5 Å². The zero-order valence-corrected chi connectivity index (χ0v) is 15.9. The van der Waals surface area contributed by atoms with Gasteiger partial charge >= 0.3 is 5.69 Å². The molecular formula is C19H18N2O5S. The minimum atomic E-state index is -0.448. The predicted molar refractivity (Wildman–Crippen MR) is 103 cm³/mol. The lowest BCUT2D eigenvalue weighted by molar-refractivity contribution is -0.386. The van der Waals surface area contributed by atoms with Crippen molar-refractivity contribution in [1.29, 1.82) is 0 Å². The Hall–Kier alpha value is -3.13. The summed E-state index contributed by atoms with van der Waals surface area (Å²) < 4.78 is 16.4. The maximum Gasteiger partial charge on any atom is 0.311 e. The maximum atomic E-state index is 11.2. The van der Waals surface area contributed by atoms with Gasteiger partial charge < -0.3 is 14.2 Å². The van der Waals surface area contributed by atoms with Crippen LogP contribution in [0, 0.1) is 17.0 Å². The summed E-state index contributed by atoms with van der Waals surface area (Å²) in [7, 11) is 3.16. The first-order valence-corrected chi connectivity index (χ1v) is 8.95. The summed E-state index contributed by atoms with van der Waals surface area (Å²) in [5.41, 5.74) is 2.24. The molecule has 0 unspecified atom stereocenters. The topological polar surface area (TPSA) is 83.7 Å². The van der Waals surface area contributed by atoms with Crippen molar-refractivity contribution in [2.75, 3.05) is 14.2 Å². The largest absolute Gasteiger partial charge is 0.493 e. The number of rotatable bonds is 7. The molecule has 0 saturated carbocycles. The third kappa shape index (κ3) is 4.01. The number of ether oxygens (including phenoxy) is 3. The molecule has 7 nitrogen and oxygen atoms in total. The van der Waals surface area contributed by atoms with Gasteiger partial charge in [0.15, 0.2) is 17.2 Å². The summed E-state index contributed by atoms with van der Waals surface area (Å²) >= 11 is 1.44. The molecule has 0 amide bonds. The van der Waals surface area contributed by atoms with Gasteiger partial charge in [0.25, 0.3) is 0 Å². The maximum absolute atomic E-state index is 11.2. The Balaban J connectivity index is 1.81. The third-order valence-electron chi connectivity index (χ3n) is 3.87. The van der Waals surface area contributed by atoms with E-state index in [-0.39, 0.29) is 18.0 Å². The van der Waals surface area contributed by atoms with Crippen molar-refractivity contribution in [3.05, 3.63) is 63.1 Å². The van der Waals surface area contributed by atoms with E-state index in [4.69, 9.17) is 14.2 Å². The van der Waals surface area contributed by atoms with Crippen molar-refractivity contribution < 1.29 is 19.1 Å². The van der Waals surface area contributed by atoms with E-state index in [9.17, 15) is 10.1 Å². The zero-order valence-electron chi connectivity index (χ0n) is 15.1. The van der Waals surface area contributed by atoms with Gasteiger partial charge in [0, 0.05) is 11.4 Å². The second-order valence-corrected chi connectivity index (χ2v) is 6.56. The quantitative estimate of drug-likeness (QED) is 0.435. The number of benzene rings is 2. The number of aromatic nitrogens is 1. The van der Waals surface area contributed by atoms with E-state index in [1.54, 1.807) is 33.3 Å². The number of aryl methyl sites for hydroxylation is 1. The van der Waals surface area contributed by atoms with Crippen LogP contribution in [0.3, 0.4) is 0 Å². The average molecular weight is 386 g/mol. The number of hydrogen-bond acceptors (Lipinski definition) is 7. The molecular weight excluding hydrogens is 368 g/mol. The average Bonchev–Trinajstić information content (AvgIpc) is 3.14. The Labute approximate surface area is 160 Å². The van der Waals surface area contributed by atoms with Gasteiger partial charge in [-0.05, 0) is 30.7 Å². The van der Waals surface area contributed by atoms with Crippen LogP contribution in [0.2, 0.25) is 0 Å². The molecule has 0 aliphatic heterocycles. The highest BCUT2D eigenvalue weighted by atomic mass is 32.1. The molecule has 0 N–H and O–H groups in total. The molecule has 0 bridgehead atoms. The monoisotopic (exact) mass is 386 g/mol. The summed E-state index contributed by atoms with van der Waals surface area (Å²) in [5, 5.41) is 13.8. The van der Waals surface area contributed by atoms with Crippen LogP contribution < -0.4 is 14.2 Å².